The highest BCUT2D eigenvalue weighted by atomic mass is 16.5. The third-order valence-corrected chi connectivity index (χ3v) is 5.70. The molecule has 0 bridgehead atoms. The molecule has 8 heteroatoms. The van der Waals surface area contributed by atoms with Crippen LogP contribution >= 0.6 is 0 Å². The molecule has 0 saturated carbocycles. The number of unbranched alkanes of at least 4 members (excludes halogenated alkanes) is 1. The van der Waals surface area contributed by atoms with Crippen LogP contribution in [0.5, 0.6) is 5.75 Å². The number of benzene rings is 2. The molecule has 1 aromatic heterocycles. The number of aromatic nitrogens is 2. The summed E-state index contributed by atoms with van der Waals surface area (Å²) in [6, 6.07) is 16.9. The first-order chi connectivity index (χ1) is 16.8. The van der Waals surface area contributed by atoms with Crippen LogP contribution in [-0.4, -0.2) is 52.9 Å². The van der Waals surface area contributed by atoms with E-state index in [1.54, 1.807) is 11.8 Å². The summed E-state index contributed by atoms with van der Waals surface area (Å²) >= 11 is 0. The minimum Gasteiger partial charge on any atom is -0.497 e. The number of nitrogens with one attached hydrogen (secondary N) is 2. The number of nitrogens with zero attached hydrogens (tertiary/aromatic N) is 3. The summed E-state index contributed by atoms with van der Waals surface area (Å²) in [4.78, 5) is 27.5. The monoisotopic (exact) mass is 477 g/mol. The van der Waals surface area contributed by atoms with E-state index in [0.717, 1.165) is 41.1 Å². The molecule has 0 atom stereocenters. The Morgan fingerprint density at radius 2 is 1.77 bits per heavy atom. The zero-order valence-corrected chi connectivity index (χ0v) is 21.2. The second-order valence-electron chi connectivity index (χ2n) is 8.64. The Kier molecular flexibility index (Phi) is 8.89. The quantitative estimate of drug-likeness (QED) is 0.402. The molecule has 8 nitrogen and oxygen atoms in total. The second-order valence-corrected chi connectivity index (χ2v) is 8.64. The van der Waals surface area contributed by atoms with Gasteiger partial charge in [0.25, 0.3) is 0 Å². The number of methoxy groups -OCH3 is 1. The normalized spacial score (nSPS) is 10.8. The predicted octanol–water partition coefficient (Wildman–Crippen LogP) is 5.01. The number of rotatable bonds is 10. The topological polar surface area (TPSA) is 88.5 Å². The van der Waals surface area contributed by atoms with Crippen molar-refractivity contribution in [2.75, 3.05) is 25.5 Å². The lowest BCUT2D eigenvalue weighted by molar-refractivity contribution is -0.117. The minimum atomic E-state index is -0.295. The molecule has 0 unspecified atom stereocenters. The predicted molar refractivity (Wildman–Crippen MR) is 139 cm³/mol. The smallest absolute Gasteiger partial charge is 0.318 e. The van der Waals surface area contributed by atoms with Crippen LogP contribution in [-0.2, 0) is 4.79 Å². The van der Waals surface area contributed by atoms with Crippen molar-refractivity contribution in [3.8, 4) is 22.6 Å². The van der Waals surface area contributed by atoms with E-state index in [4.69, 9.17) is 9.84 Å². The number of urea groups is 1. The van der Waals surface area contributed by atoms with Crippen molar-refractivity contribution in [2.45, 2.75) is 46.6 Å². The summed E-state index contributed by atoms with van der Waals surface area (Å²) in [5, 5.41) is 10.7. The number of ether oxygens (including phenoxy) is 1. The number of amides is 3. The lowest BCUT2D eigenvalue weighted by Crippen LogP contribution is -2.47. The Morgan fingerprint density at radius 3 is 2.37 bits per heavy atom. The van der Waals surface area contributed by atoms with Crippen LogP contribution in [0.2, 0.25) is 0 Å². The molecule has 3 amide bonds. The van der Waals surface area contributed by atoms with Gasteiger partial charge in [0.2, 0.25) is 5.91 Å². The molecule has 3 aromatic rings. The molecule has 0 radical (unpaired) electrons. The molecule has 1 heterocycles. The average Bonchev–Trinajstić information content (AvgIpc) is 3.18. The SMILES string of the molecule is CCCCNC(=O)N(CC(=O)Nc1c(-c2ccccc2)c(C)nn1-c1ccc(OC)cc1)C(C)C. The van der Waals surface area contributed by atoms with Crippen molar-refractivity contribution < 1.29 is 14.3 Å². The third-order valence-electron chi connectivity index (χ3n) is 5.70. The number of hydrogen-bond donors (Lipinski definition) is 2. The summed E-state index contributed by atoms with van der Waals surface area (Å²) < 4.78 is 7.00. The van der Waals surface area contributed by atoms with Crippen molar-refractivity contribution in [3.05, 3.63) is 60.3 Å². The van der Waals surface area contributed by atoms with Crippen LogP contribution in [0.15, 0.2) is 54.6 Å². The van der Waals surface area contributed by atoms with Gasteiger partial charge < -0.3 is 20.3 Å². The maximum atomic E-state index is 13.2. The fourth-order valence-electron chi connectivity index (χ4n) is 3.79. The van der Waals surface area contributed by atoms with Crippen molar-refractivity contribution in [1.82, 2.24) is 20.0 Å². The zero-order chi connectivity index (χ0) is 25.4. The molecule has 3 rings (SSSR count). The summed E-state index contributed by atoms with van der Waals surface area (Å²) in [6.45, 7) is 8.29. The Morgan fingerprint density at radius 1 is 1.09 bits per heavy atom. The van der Waals surface area contributed by atoms with Gasteiger partial charge in [-0.2, -0.15) is 5.10 Å². The molecule has 0 saturated heterocycles. The van der Waals surface area contributed by atoms with Crippen molar-refractivity contribution in [3.63, 3.8) is 0 Å². The van der Waals surface area contributed by atoms with Crippen LogP contribution in [0.3, 0.4) is 0 Å². The fourth-order valence-corrected chi connectivity index (χ4v) is 3.79. The van der Waals surface area contributed by atoms with Crippen molar-refractivity contribution in [2.24, 2.45) is 0 Å². The van der Waals surface area contributed by atoms with E-state index in [1.807, 2.05) is 75.4 Å². The minimum absolute atomic E-state index is 0.0727. The van der Waals surface area contributed by atoms with Gasteiger partial charge in [0, 0.05) is 18.2 Å². The van der Waals surface area contributed by atoms with Gasteiger partial charge in [0.15, 0.2) is 0 Å². The van der Waals surface area contributed by atoms with Gasteiger partial charge in [-0.05, 0) is 57.0 Å². The van der Waals surface area contributed by atoms with E-state index in [-0.39, 0.29) is 24.5 Å². The molecule has 186 valence electrons. The Balaban J connectivity index is 1.94. The van der Waals surface area contributed by atoms with Gasteiger partial charge in [-0.25, -0.2) is 9.48 Å². The highest BCUT2D eigenvalue weighted by molar-refractivity contribution is 5.98. The maximum absolute atomic E-state index is 13.2. The van der Waals surface area contributed by atoms with E-state index in [1.165, 1.54) is 4.90 Å². The van der Waals surface area contributed by atoms with Crippen molar-refractivity contribution >= 4 is 17.8 Å². The summed E-state index contributed by atoms with van der Waals surface area (Å²) in [5.74, 6) is 0.989. The molecular weight excluding hydrogens is 442 g/mol. The average molecular weight is 478 g/mol. The summed E-state index contributed by atoms with van der Waals surface area (Å²) in [5.41, 5.74) is 3.33. The molecule has 35 heavy (non-hydrogen) atoms. The van der Waals surface area contributed by atoms with E-state index >= 15 is 0 Å². The second kappa shape index (κ2) is 12.1. The molecule has 0 aliphatic rings. The van der Waals surface area contributed by atoms with Gasteiger partial charge >= 0.3 is 6.03 Å². The van der Waals surface area contributed by atoms with E-state index < -0.39 is 0 Å². The number of anilines is 1. The van der Waals surface area contributed by atoms with E-state index in [0.29, 0.717) is 12.4 Å². The van der Waals surface area contributed by atoms with Gasteiger partial charge in [-0.3, -0.25) is 4.79 Å². The number of carbonyl (C=O) groups excluding carboxylic acids is 2. The fraction of sp³-hybridized carbons (Fsp3) is 0.370. The Bertz CT molecular complexity index is 1120. The first kappa shape index (κ1) is 25.8. The molecule has 0 aliphatic heterocycles. The van der Waals surface area contributed by atoms with Crippen LogP contribution in [0, 0.1) is 6.92 Å². The molecular formula is C27H35N5O3. The summed E-state index contributed by atoms with van der Waals surface area (Å²) in [7, 11) is 1.62. The van der Waals surface area contributed by atoms with Crippen LogP contribution in [0.25, 0.3) is 16.8 Å². The van der Waals surface area contributed by atoms with E-state index in [9.17, 15) is 9.59 Å². The van der Waals surface area contributed by atoms with Crippen LogP contribution in [0.4, 0.5) is 10.6 Å². The number of hydrogen-bond acceptors (Lipinski definition) is 4. The highest BCUT2D eigenvalue weighted by Crippen LogP contribution is 2.33. The lowest BCUT2D eigenvalue weighted by atomic mass is 10.1. The molecule has 0 fully saturated rings. The first-order valence-corrected chi connectivity index (χ1v) is 12.0. The Labute approximate surface area is 207 Å². The largest absolute Gasteiger partial charge is 0.497 e. The van der Waals surface area contributed by atoms with Crippen LogP contribution in [0.1, 0.15) is 39.3 Å². The standard InChI is InChI=1S/C27H35N5O3/c1-6-7-17-28-27(34)31(19(2)3)18-24(33)29-26-25(21-11-9-8-10-12-21)20(4)30-32(26)22-13-15-23(35-5)16-14-22/h8-16,19H,6-7,17-18H2,1-5H3,(H,28,34)(H,29,33). The molecule has 2 N–H and O–H groups in total. The van der Waals surface area contributed by atoms with Crippen molar-refractivity contribution in [1.29, 1.82) is 0 Å². The molecule has 0 aliphatic carbocycles. The first-order valence-electron chi connectivity index (χ1n) is 12.0. The van der Waals surface area contributed by atoms with E-state index in [2.05, 4.69) is 17.6 Å². The lowest BCUT2D eigenvalue weighted by Gasteiger charge is -2.26. The van der Waals surface area contributed by atoms with Gasteiger partial charge in [-0.15, -0.1) is 0 Å². The molecule has 2 aromatic carbocycles. The Hall–Kier alpha value is -3.81. The van der Waals surface area contributed by atoms with Gasteiger partial charge in [-0.1, -0.05) is 43.7 Å². The van der Waals surface area contributed by atoms with Gasteiger partial charge in [0.1, 0.15) is 18.1 Å². The zero-order valence-electron chi connectivity index (χ0n) is 21.2. The number of aryl methyl sites for hydroxylation is 1. The summed E-state index contributed by atoms with van der Waals surface area (Å²) in [6.07, 6.45) is 1.88. The number of carbonyl (C=O) groups is 2. The van der Waals surface area contributed by atoms with Gasteiger partial charge in [0.05, 0.1) is 18.5 Å². The molecule has 0 spiro atoms. The maximum Gasteiger partial charge on any atom is 0.318 e. The highest BCUT2D eigenvalue weighted by Gasteiger charge is 2.24. The van der Waals surface area contributed by atoms with Crippen LogP contribution < -0.4 is 15.4 Å². The third kappa shape index (κ3) is 6.41.